The molecule has 4 heteroatoms. The molecule has 20 heavy (non-hydrogen) atoms. The molecule has 4 nitrogen and oxygen atoms in total. The van der Waals surface area contributed by atoms with E-state index in [9.17, 15) is 5.11 Å². The lowest BCUT2D eigenvalue weighted by Crippen LogP contribution is -1.98. The fourth-order valence-corrected chi connectivity index (χ4v) is 2.36. The number of benzene rings is 2. The second-order valence-electron chi connectivity index (χ2n) is 4.88. The minimum Gasteiger partial charge on any atom is -0.508 e. The molecule has 0 atom stereocenters. The van der Waals surface area contributed by atoms with E-state index in [1.807, 2.05) is 49.0 Å². The summed E-state index contributed by atoms with van der Waals surface area (Å²) in [6, 6.07) is 13.3. The molecular formula is C16H16N2O2. The van der Waals surface area contributed by atoms with Crippen molar-refractivity contribution in [2.24, 2.45) is 7.05 Å². The summed E-state index contributed by atoms with van der Waals surface area (Å²) in [5.41, 5.74) is 2.94. The molecule has 1 N–H and O–H groups in total. The smallest absolute Gasteiger partial charge is 0.133 e. The molecule has 0 spiro atoms. The second-order valence-corrected chi connectivity index (χ2v) is 4.88. The number of rotatable bonds is 3. The minimum absolute atomic E-state index is 0.214. The lowest BCUT2D eigenvalue weighted by Gasteiger charge is -2.06. The minimum atomic E-state index is 0.214. The Balaban J connectivity index is 1.87. The van der Waals surface area contributed by atoms with Gasteiger partial charge in [0.2, 0.25) is 0 Å². The molecule has 0 aliphatic rings. The largest absolute Gasteiger partial charge is 0.508 e. The number of aromatic hydroxyl groups is 1. The molecule has 1 heterocycles. The van der Waals surface area contributed by atoms with Crippen LogP contribution >= 0.6 is 0 Å². The molecule has 0 bridgehead atoms. The van der Waals surface area contributed by atoms with E-state index >= 15 is 0 Å². The van der Waals surface area contributed by atoms with Crippen LogP contribution < -0.4 is 4.74 Å². The van der Waals surface area contributed by atoms with E-state index in [1.165, 1.54) is 0 Å². The zero-order valence-corrected chi connectivity index (χ0v) is 11.5. The molecule has 2 aromatic carbocycles. The van der Waals surface area contributed by atoms with E-state index in [4.69, 9.17) is 4.74 Å². The fourth-order valence-electron chi connectivity index (χ4n) is 2.36. The Morgan fingerprint density at radius 2 is 2.00 bits per heavy atom. The van der Waals surface area contributed by atoms with Gasteiger partial charge < -0.3 is 9.84 Å². The zero-order valence-electron chi connectivity index (χ0n) is 11.5. The third kappa shape index (κ3) is 2.32. The number of hydrogen-bond donors (Lipinski definition) is 1. The number of para-hydroxylation sites is 1. The van der Waals surface area contributed by atoms with Gasteiger partial charge in [0.1, 0.15) is 23.8 Å². The van der Waals surface area contributed by atoms with Crippen LogP contribution in [0.15, 0.2) is 42.5 Å². The fraction of sp³-hybridized carbons (Fsp3) is 0.188. The maximum Gasteiger partial charge on any atom is 0.133 e. The van der Waals surface area contributed by atoms with Crippen LogP contribution in [0.4, 0.5) is 0 Å². The van der Waals surface area contributed by atoms with Crippen molar-refractivity contribution >= 4 is 10.9 Å². The summed E-state index contributed by atoms with van der Waals surface area (Å²) in [4.78, 5) is 0. The van der Waals surface area contributed by atoms with Gasteiger partial charge in [-0.2, -0.15) is 5.10 Å². The van der Waals surface area contributed by atoms with Crippen LogP contribution in [-0.2, 0) is 13.7 Å². The van der Waals surface area contributed by atoms with Gasteiger partial charge in [0.25, 0.3) is 0 Å². The summed E-state index contributed by atoms with van der Waals surface area (Å²) in [6.07, 6.45) is 0. The number of nitrogens with zero attached hydrogens (tertiary/aromatic N) is 2. The van der Waals surface area contributed by atoms with Crippen LogP contribution in [0.2, 0.25) is 0 Å². The van der Waals surface area contributed by atoms with Crippen LogP contribution in [-0.4, -0.2) is 14.9 Å². The summed E-state index contributed by atoms with van der Waals surface area (Å²) < 4.78 is 7.59. The summed E-state index contributed by atoms with van der Waals surface area (Å²) in [6.45, 7) is 2.30. The average Bonchev–Trinajstić information content (AvgIpc) is 2.73. The van der Waals surface area contributed by atoms with Gasteiger partial charge in [-0.3, -0.25) is 4.68 Å². The SMILES string of the molecule is Cc1cc(O)cc(OCc2nn(C)c3ccccc23)c1. The van der Waals surface area contributed by atoms with E-state index < -0.39 is 0 Å². The first-order chi connectivity index (χ1) is 9.63. The third-order valence-electron chi connectivity index (χ3n) is 3.25. The maximum atomic E-state index is 9.57. The standard InChI is InChI=1S/C16H16N2O2/c1-11-7-12(19)9-13(8-11)20-10-15-14-5-3-4-6-16(14)18(2)17-15/h3-9,19H,10H2,1-2H3. The summed E-state index contributed by atoms with van der Waals surface area (Å²) in [5, 5.41) is 15.1. The van der Waals surface area contributed by atoms with Gasteiger partial charge >= 0.3 is 0 Å². The number of aromatic nitrogens is 2. The third-order valence-corrected chi connectivity index (χ3v) is 3.25. The molecule has 1 aromatic heterocycles. The number of ether oxygens (including phenoxy) is 1. The quantitative estimate of drug-likeness (QED) is 0.793. The van der Waals surface area contributed by atoms with Gasteiger partial charge in [-0.05, 0) is 30.7 Å². The molecule has 3 aromatic rings. The van der Waals surface area contributed by atoms with Gasteiger partial charge in [-0.15, -0.1) is 0 Å². The van der Waals surface area contributed by atoms with Crippen molar-refractivity contribution in [3.8, 4) is 11.5 Å². The number of fused-ring (bicyclic) bond motifs is 1. The monoisotopic (exact) mass is 268 g/mol. The molecule has 0 saturated heterocycles. The van der Waals surface area contributed by atoms with Crippen molar-refractivity contribution in [1.29, 1.82) is 0 Å². The molecule has 0 unspecified atom stereocenters. The van der Waals surface area contributed by atoms with E-state index in [2.05, 4.69) is 5.10 Å². The summed E-state index contributed by atoms with van der Waals surface area (Å²) in [7, 11) is 1.92. The van der Waals surface area contributed by atoms with Crippen molar-refractivity contribution in [2.75, 3.05) is 0 Å². The Morgan fingerprint density at radius 3 is 2.80 bits per heavy atom. The normalized spacial score (nSPS) is 10.9. The van der Waals surface area contributed by atoms with Crippen LogP contribution in [0, 0.1) is 6.92 Å². The van der Waals surface area contributed by atoms with Gasteiger partial charge in [0.15, 0.2) is 0 Å². The summed E-state index contributed by atoms with van der Waals surface area (Å²) in [5.74, 6) is 0.864. The molecule has 0 radical (unpaired) electrons. The predicted octanol–water partition coefficient (Wildman–Crippen LogP) is 3.17. The van der Waals surface area contributed by atoms with Crippen molar-refractivity contribution in [2.45, 2.75) is 13.5 Å². The average molecular weight is 268 g/mol. The molecule has 0 aliphatic carbocycles. The van der Waals surface area contributed by atoms with Crippen molar-refractivity contribution in [3.05, 3.63) is 53.7 Å². The Labute approximate surface area is 117 Å². The highest BCUT2D eigenvalue weighted by molar-refractivity contribution is 5.81. The number of phenols is 1. The molecule has 3 rings (SSSR count). The van der Waals surface area contributed by atoms with E-state index in [1.54, 1.807) is 12.1 Å². The van der Waals surface area contributed by atoms with Crippen LogP contribution in [0.3, 0.4) is 0 Å². The lowest BCUT2D eigenvalue weighted by atomic mass is 10.2. The molecule has 0 saturated carbocycles. The van der Waals surface area contributed by atoms with Crippen molar-refractivity contribution in [1.82, 2.24) is 9.78 Å². The number of aryl methyl sites for hydroxylation is 2. The van der Waals surface area contributed by atoms with E-state index in [0.717, 1.165) is 22.2 Å². The van der Waals surface area contributed by atoms with Gasteiger partial charge in [-0.25, -0.2) is 0 Å². The summed E-state index contributed by atoms with van der Waals surface area (Å²) >= 11 is 0. The topological polar surface area (TPSA) is 47.3 Å². The Bertz CT molecular complexity index is 742. The molecule has 0 fully saturated rings. The van der Waals surface area contributed by atoms with Gasteiger partial charge in [-0.1, -0.05) is 18.2 Å². The number of phenolic OH excluding ortho intramolecular Hbond substituents is 1. The molecule has 102 valence electrons. The van der Waals surface area contributed by atoms with Crippen LogP contribution in [0.5, 0.6) is 11.5 Å². The van der Waals surface area contributed by atoms with Crippen LogP contribution in [0.25, 0.3) is 10.9 Å². The maximum absolute atomic E-state index is 9.57. The number of hydrogen-bond acceptors (Lipinski definition) is 3. The first-order valence-corrected chi connectivity index (χ1v) is 6.47. The first-order valence-electron chi connectivity index (χ1n) is 6.47. The highest BCUT2D eigenvalue weighted by Crippen LogP contribution is 2.23. The van der Waals surface area contributed by atoms with E-state index in [0.29, 0.717) is 12.4 Å². The van der Waals surface area contributed by atoms with Crippen molar-refractivity contribution < 1.29 is 9.84 Å². The van der Waals surface area contributed by atoms with Crippen LogP contribution in [0.1, 0.15) is 11.3 Å². The highest BCUT2D eigenvalue weighted by atomic mass is 16.5. The molecule has 0 amide bonds. The van der Waals surface area contributed by atoms with Gasteiger partial charge in [0.05, 0.1) is 5.52 Å². The second kappa shape index (κ2) is 4.89. The Kier molecular flexibility index (Phi) is 3.06. The predicted molar refractivity (Wildman–Crippen MR) is 77.9 cm³/mol. The molecular weight excluding hydrogens is 252 g/mol. The van der Waals surface area contributed by atoms with Gasteiger partial charge in [0, 0.05) is 18.5 Å². The van der Waals surface area contributed by atoms with E-state index in [-0.39, 0.29) is 5.75 Å². The highest BCUT2D eigenvalue weighted by Gasteiger charge is 2.08. The lowest BCUT2D eigenvalue weighted by molar-refractivity contribution is 0.299. The molecule has 0 aliphatic heterocycles. The Hall–Kier alpha value is -2.49. The first kappa shape index (κ1) is 12.5. The zero-order chi connectivity index (χ0) is 14.1. The Morgan fingerprint density at radius 1 is 1.20 bits per heavy atom. The van der Waals surface area contributed by atoms with Crippen molar-refractivity contribution in [3.63, 3.8) is 0 Å².